The smallest absolute Gasteiger partial charge is 0.129 e. The van der Waals surface area contributed by atoms with Gasteiger partial charge in [0.05, 0.1) is 12.7 Å². The molecule has 0 saturated carbocycles. The van der Waals surface area contributed by atoms with Crippen molar-refractivity contribution in [2.75, 3.05) is 0 Å². The van der Waals surface area contributed by atoms with Gasteiger partial charge in [-0.15, -0.1) is 0 Å². The summed E-state index contributed by atoms with van der Waals surface area (Å²) in [5.41, 5.74) is 2.04. The van der Waals surface area contributed by atoms with Gasteiger partial charge < -0.3 is 9.26 Å². The fraction of sp³-hybridized carbons (Fsp3) is 0.500. The van der Waals surface area contributed by atoms with Gasteiger partial charge >= 0.3 is 0 Å². The molecule has 0 saturated heterocycles. The highest BCUT2D eigenvalue weighted by Gasteiger charge is 2.22. The number of nitrogens with zero attached hydrogens (tertiary/aromatic N) is 1. The Labute approximate surface area is 52.6 Å². The second-order valence-electron chi connectivity index (χ2n) is 2.17. The third kappa shape index (κ3) is 0.580. The first-order chi connectivity index (χ1) is 4.38. The normalized spacial score (nSPS) is 24.3. The van der Waals surface area contributed by atoms with Crippen LogP contribution in [-0.4, -0.2) is 5.16 Å². The summed E-state index contributed by atoms with van der Waals surface area (Å²) in [6.07, 6.45) is 1.82. The first-order valence-electron chi connectivity index (χ1n) is 2.92. The molecule has 0 aromatic carbocycles. The van der Waals surface area contributed by atoms with Gasteiger partial charge in [-0.05, 0) is 6.92 Å². The Kier molecular flexibility index (Phi) is 0.873. The van der Waals surface area contributed by atoms with Gasteiger partial charge in [0.15, 0.2) is 0 Å². The Bertz CT molecular complexity index is 219. The Morgan fingerprint density at radius 3 is 3.44 bits per heavy atom. The van der Waals surface area contributed by atoms with Crippen LogP contribution in [0, 0.1) is 0 Å². The van der Waals surface area contributed by atoms with Gasteiger partial charge in [0.2, 0.25) is 0 Å². The van der Waals surface area contributed by atoms with E-state index in [0.717, 1.165) is 11.3 Å². The van der Waals surface area contributed by atoms with Crippen molar-refractivity contribution in [1.29, 1.82) is 0 Å². The first kappa shape index (κ1) is 4.99. The molecule has 3 heteroatoms. The molecular weight excluding hydrogens is 118 g/mol. The molecule has 0 bridgehead atoms. The van der Waals surface area contributed by atoms with Crippen molar-refractivity contribution in [2.24, 2.45) is 0 Å². The molecule has 1 aliphatic heterocycles. The lowest BCUT2D eigenvalue weighted by molar-refractivity contribution is 0.0735. The van der Waals surface area contributed by atoms with E-state index in [1.165, 1.54) is 0 Å². The highest BCUT2D eigenvalue weighted by atomic mass is 16.5. The van der Waals surface area contributed by atoms with E-state index in [9.17, 15) is 0 Å². The van der Waals surface area contributed by atoms with Crippen LogP contribution in [-0.2, 0) is 11.3 Å². The monoisotopic (exact) mass is 125 g/mol. The van der Waals surface area contributed by atoms with Crippen molar-refractivity contribution in [3.63, 3.8) is 0 Å². The topological polar surface area (TPSA) is 35.3 Å². The quantitative estimate of drug-likeness (QED) is 0.523. The molecule has 0 N–H and O–H groups in total. The van der Waals surface area contributed by atoms with Crippen LogP contribution in [0.1, 0.15) is 24.3 Å². The van der Waals surface area contributed by atoms with E-state index >= 15 is 0 Å². The van der Waals surface area contributed by atoms with Crippen molar-refractivity contribution >= 4 is 0 Å². The van der Waals surface area contributed by atoms with Gasteiger partial charge in [0, 0.05) is 5.56 Å². The lowest BCUT2D eigenvalue weighted by Crippen LogP contribution is -1.84. The van der Waals surface area contributed by atoms with Gasteiger partial charge in [-0.1, -0.05) is 5.16 Å². The van der Waals surface area contributed by atoms with Gasteiger partial charge in [0.25, 0.3) is 0 Å². The summed E-state index contributed by atoms with van der Waals surface area (Å²) in [5.74, 6) is 0. The van der Waals surface area contributed by atoms with Crippen LogP contribution in [0.4, 0.5) is 0 Å². The number of fused-ring (bicyclic) bond motifs is 1. The molecular formula is C6H7NO2. The van der Waals surface area contributed by atoms with Crippen LogP contribution in [0.2, 0.25) is 0 Å². The average molecular weight is 125 g/mol. The van der Waals surface area contributed by atoms with E-state index in [0.29, 0.717) is 6.61 Å². The molecule has 0 amide bonds. The van der Waals surface area contributed by atoms with E-state index in [2.05, 4.69) is 5.16 Å². The van der Waals surface area contributed by atoms with E-state index in [1.54, 1.807) is 6.26 Å². The van der Waals surface area contributed by atoms with Crippen molar-refractivity contribution in [1.82, 2.24) is 5.16 Å². The maximum atomic E-state index is 5.24. The van der Waals surface area contributed by atoms with Crippen molar-refractivity contribution in [3.8, 4) is 0 Å². The van der Waals surface area contributed by atoms with Crippen molar-refractivity contribution in [3.05, 3.63) is 17.5 Å². The van der Waals surface area contributed by atoms with E-state index in [4.69, 9.17) is 9.26 Å². The van der Waals surface area contributed by atoms with Crippen LogP contribution in [0.5, 0.6) is 0 Å². The molecule has 48 valence electrons. The minimum atomic E-state index is 0.172. The summed E-state index contributed by atoms with van der Waals surface area (Å²) in [7, 11) is 0. The lowest BCUT2D eigenvalue weighted by Gasteiger charge is -1.96. The third-order valence-corrected chi connectivity index (χ3v) is 1.58. The Morgan fingerprint density at radius 1 is 1.78 bits per heavy atom. The molecule has 3 nitrogen and oxygen atoms in total. The predicted octanol–water partition coefficient (Wildman–Crippen LogP) is 1.27. The molecule has 2 rings (SSSR count). The molecule has 1 aromatic heterocycles. The maximum absolute atomic E-state index is 5.24. The van der Waals surface area contributed by atoms with E-state index < -0.39 is 0 Å². The number of rotatable bonds is 0. The van der Waals surface area contributed by atoms with Crippen molar-refractivity contribution in [2.45, 2.75) is 19.6 Å². The highest BCUT2D eigenvalue weighted by molar-refractivity contribution is 5.19. The average Bonchev–Trinajstić information content (AvgIpc) is 2.35. The highest BCUT2D eigenvalue weighted by Crippen LogP contribution is 2.28. The fourth-order valence-corrected chi connectivity index (χ4v) is 1.00. The molecule has 1 aliphatic rings. The standard InChI is InChI=1S/C6H7NO2/c1-4-5-2-9-7-6(5)3-8-4/h2,4H,3H2,1H3/t4-/m0/s1. The lowest BCUT2D eigenvalue weighted by atomic mass is 10.2. The van der Waals surface area contributed by atoms with Crippen LogP contribution >= 0.6 is 0 Å². The summed E-state index contributed by atoms with van der Waals surface area (Å²) < 4.78 is 9.97. The second-order valence-corrected chi connectivity index (χ2v) is 2.17. The summed E-state index contributed by atoms with van der Waals surface area (Å²) in [6, 6.07) is 0. The minimum Gasteiger partial charge on any atom is -0.367 e. The molecule has 2 heterocycles. The predicted molar refractivity (Wildman–Crippen MR) is 29.7 cm³/mol. The Hall–Kier alpha value is -0.830. The van der Waals surface area contributed by atoms with Gasteiger partial charge in [0.1, 0.15) is 12.0 Å². The van der Waals surface area contributed by atoms with Crippen molar-refractivity contribution < 1.29 is 9.26 Å². The summed E-state index contributed by atoms with van der Waals surface area (Å²) in [6.45, 7) is 2.59. The zero-order chi connectivity index (χ0) is 6.27. The third-order valence-electron chi connectivity index (χ3n) is 1.58. The number of ether oxygens (including phenoxy) is 1. The number of hydrogen-bond donors (Lipinski definition) is 0. The van der Waals surface area contributed by atoms with Crippen LogP contribution in [0.3, 0.4) is 0 Å². The van der Waals surface area contributed by atoms with Crippen LogP contribution in [0.15, 0.2) is 10.8 Å². The zero-order valence-electron chi connectivity index (χ0n) is 5.13. The van der Waals surface area contributed by atoms with Gasteiger partial charge in [-0.3, -0.25) is 0 Å². The first-order valence-corrected chi connectivity index (χ1v) is 2.92. The molecule has 1 atom stereocenters. The molecule has 0 spiro atoms. The van der Waals surface area contributed by atoms with Gasteiger partial charge in [-0.2, -0.15) is 0 Å². The SMILES string of the molecule is C[C@@H]1OCc2nocc21. The maximum Gasteiger partial charge on any atom is 0.129 e. The van der Waals surface area contributed by atoms with Crippen LogP contribution in [0.25, 0.3) is 0 Å². The molecule has 1 aromatic rings. The largest absolute Gasteiger partial charge is 0.367 e. The molecule has 9 heavy (non-hydrogen) atoms. The summed E-state index contributed by atoms with van der Waals surface area (Å²) >= 11 is 0. The minimum absolute atomic E-state index is 0.172. The Morgan fingerprint density at radius 2 is 2.67 bits per heavy atom. The Balaban J connectivity index is 2.49. The zero-order valence-corrected chi connectivity index (χ0v) is 5.13. The molecule has 0 fully saturated rings. The van der Waals surface area contributed by atoms with Crippen LogP contribution < -0.4 is 0 Å². The van der Waals surface area contributed by atoms with E-state index in [1.807, 2.05) is 6.92 Å². The van der Waals surface area contributed by atoms with E-state index in [-0.39, 0.29) is 6.10 Å². The summed E-state index contributed by atoms with van der Waals surface area (Å²) in [4.78, 5) is 0. The number of aromatic nitrogens is 1. The molecule has 0 unspecified atom stereocenters. The molecule has 0 aliphatic carbocycles. The van der Waals surface area contributed by atoms with Gasteiger partial charge in [-0.25, -0.2) is 0 Å². The fourth-order valence-electron chi connectivity index (χ4n) is 1.00. The summed E-state index contributed by atoms with van der Waals surface area (Å²) in [5, 5.41) is 3.75. The molecule has 0 radical (unpaired) electrons. The number of hydrogen-bond acceptors (Lipinski definition) is 3. The second kappa shape index (κ2) is 1.57.